The number of carbonyl (C=O) groups is 1. The second kappa shape index (κ2) is 5.51. The molecule has 18 heavy (non-hydrogen) atoms. The maximum atomic E-state index is 11.0. The van der Waals surface area contributed by atoms with Crippen molar-refractivity contribution in [3.63, 3.8) is 0 Å². The summed E-state index contributed by atoms with van der Waals surface area (Å²) in [5.74, 6) is 1.42. The minimum atomic E-state index is -0.413. The van der Waals surface area contributed by atoms with E-state index in [1.807, 2.05) is 43.3 Å². The fraction of sp³-hybridized carbons (Fsp3) is 0.214. The Morgan fingerprint density at radius 3 is 2.39 bits per heavy atom. The maximum absolute atomic E-state index is 11.0. The number of furan rings is 1. The van der Waals surface area contributed by atoms with Crippen LogP contribution in [0.4, 0.5) is 0 Å². The molecule has 0 bridgehead atoms. The Hall–Kier alpha value is -2.07. The lowest BCUT2D eigenvalue weighted by Gasteiger charge is -2.02. The molecule has 0 spiro atoms. The molecule has 0 radical (unpaired) electrons. The van der Waals surface area contributed by atoms with Gasteiger partial charge in [0.2, 0.25) is 5.91 Å². The first-order valence-electron chi connectivity index (χ1n) is 5.73. The third-order valence-corrected chi connectivity index (χ3v) is 2.69. The summed E-state index contributed by atoms with van der Waals surface area (Å²) >= 11 is 0. The van der Waals surface area contributed by atoms with Crippen LogP contribution in [0.15, 0.2) is 40.8 Å². The van der Waals surface area contributed by atoms with Gasteiger partial charge in [-0.3, -0.25) is 10.0 Å². The molecule has 0 atom stereocenters. The molecule has 1 aromatic carbocycles. The van der Waals surface area contributed by atoms with Crippen molar-refractivity contribution in [1.82, 2.24) is 5.48 Å². The van der Waals surface area contributed by atoms with Crippen molar-refractivity contribution in [1.29, 1.82) is 0 Å². The number of hydrogen-bond acceptors (Lipinski definition) is 3. The number of hydroxylamine groups is 1. The number of benzene rings is 1. The summed E-state index contributed by atoms with van der Waals surface area (Å²) in [5, 5.41) is 8.44. The van der Waals surface area contributed by atoms with Gasteiger partial charge in [-0.1, -0.05) is 24.3 Å². The van der Waals surface area contributed by atoms with Gasteiger partial charge in [0, 0.05) is 6.42 Å². The van der Waals surface area contributed by atoms with Crippen molar-refractivity contribution in [2.24, 2.45) is 0 Å². The third-order valence-electron chi connectivity index (χ3n) is 2.69. The Kier molecular flexibility index (Phi) is 3.79. The van der Waals surface area contributed by atoms with E-state index in [1.165, 1.54) is 0 Å². The summed E-state index contributed by atoms with van der Waals surface area (Å²) in [6.45, 7) is 1.92. The first-order chi connectivity index (χ1) is 8.67. The van der Waals surface area contributed by atoms with Crippen molar-refractivity contribution >= 4 is 5.91 Å². The van der Waals surface area contributed by atoms with Crippen molar-refractivity contribution in [3.8, 4) is 0 Å². The van der Waals surface area contributed by atoms with E-state index < -0.39 is 5.91 Å². The van der Waals surface area contributed by atoms with Crippen molar-refractivity contribution in [2.75, 3.05) is 0 Å². The summed E-state index contributed by atoms with van der Waals surface area (Å²) in [4.78, 5) is 11.0. The van der Waals surface area contributed by atoms with Crippen LogP contribution < -0.4 is 5.48 Å². The second-order valence-electron chi connectivity index (χ2n) is 4.22. The standard InChI is InChI=1S/C14H15NO3/c1-10-2-7-13(18-10)8-11-3-5-12(6-4-11)9-14(16)15-17/h2-7,17H,8-9H2,1H3,(H,15,16). The first kappa shape index (κ1) is 12.4. The van der Waals surface area contributed by atoms with Crippen LogP contribution in [0.1, 0.15) is 22.6 Å². The smallest absolute Gasteiger partial charge is 0.247 e. The molecule has 0 saturated heterocycles. The van der Waals surface area contributed by atoms with Crippen LogP contribution in [0.25, 0.3) is 0 Å². The summed E-state index contributed by atoms with van der Waals surface area (Å²) < 4.78 is 5.50. The zero-order valence-electron chi connectivity index (χ0n) is 10.1. The van der Waals surface area contributed by atoms with Crippen LogP contribution in [0.5, 0.6) is 0 Å². The van der Waals surface area contributed by atoms with E-state index in [9.17, 15) is 4.79 Å². The lowest BCUT2D eigenvalue weighted by Crippen LogP contribution is -2.20. The Labute approximate surface area is 105 Å². The summed E-state index contributed by atoms with van der Waals surface area (Å²) in [7, 11) is 0. The molecule has 0 fully saturated rings. The van der Waals surface area contributed by atoms with E-state index in [0.717, 1.165) is 29.1 Å². The molecule has 1 aromatic heterocycles. The Morgan fingerprint density at radius 2 is 1.83 bits per heavy atom. The van der Waals surface area contributed by atoms with Crippen LogP contribution in [0.2, 0.25) is 0 Å². The minimum absolute atomic E-state index is 0.177. The Balaban J connectivity index is 2.01. The van der Waals surface area contributed by atoms with Gasteiger partial charge in [0.25, 0.3) is 0 Å². The van der Waals surface area contributed by atoms with Gasteiger partial charge in [0.05, 0.1) is 6.42 Å². The molecule has 2 N–H and O–H groups in total. The molecule has 2 aromatic rings. The highest BCUT2D eigenvalue weighted by atomic mass is 16.5. The van der Waals surface area contributed by atoms with Gasteiger partial charge in [-0.2, -0.15) is 0 Å². The molecular weight excluding hydrogens is 230 g/mol. The topological polar surface area (TPSA) is 62.5 Å². The summed E-state index contributed by atoms with van der Waals surface area (Å²) in [5.41, 5.74) is 3.60. The maximum Gasteiger partial charge on any atom is 0.247 e. The molecule has 0 saturated carbocycles. The average molecular weight is 245 g/mol. The zero-order chi connectivity index (χ0) is 13.0. The lowest BCUT2D eigenvalue weighted by molar-refractivity contribution is -0.128. The van der Waals surface area contributed by atoms with E-state index in [4.69, 9.17) is 9.62 Å². The van der Waals surface area contributed by atoms with Crippen LogP contribution >= 0.6 is 0 Å². The molecule has 0 aliphatic carbocycles. The fourth-order valence-electron chi connectivity index (χ4n) is 1.78. The molecule has 1 heterocycles. The fourth-order valence-corrected chi connectivity index (χ4v) is 1.78. The van der Waals surface area contributed by atoms with Gasteiger partial charge in [-0.15, -0.1) is 0 Å². The monoisotopic (exact) mass is 245 g/mol. The van der Waals surface area contributed by atoms with E-state index in [-0.39, 0.29) is 6.42 Å². The van der Waals surface area contributed by atoms with Gasteiger partial charge in [0.15, 0.2) is 0 Å². The molecule has 1 amide bonds. The van der Waals surface area contributed by atoms with E-state index in [2.05, 4.69) is 0 Å². The van der Waals surface area contributed by atoms with Crippen molar-refractivity contribution in [2.45, 2.75) is 19.8 Å². The zero-order valence-corrected chi connectivity index (χ0v) is 10.1. The second-order valence-corrected chi connectivity index (χ2v) is 4.22. The molecule has 4 heteroatoms. The van der Waals surface area contributed by atoms with Crippen LogP contribution in [-0.2, 0) is 17.6 Å². The molecule has 4 nitrogen and oxygen atoms in total. The number of amides is 1. The highest BCUT2D eigenvalue weighted by Gasteiger charge is 2.03. The molecule has 0 aliphatic heterocycles. The number of aryl methyl sites for hydroxylation is 1. The van der Waals surface area contributed by atoms with E-state index in [0.29, 0.717) is 0 Å². The number of carbonyl (C=O) groups excluding carboxylic acids is 1. The molecular formula is C14H15NO3. The SMILES string of the molecule is Cc1ccc(Cc2ccc(CC(=O)NO)cc2)o1. The van der Waals surface area contributed by atoms with Gasteiger partial charge in [-0.05, 0) is 30.2 Å². The van der Waals surface area contributed by atoms with E-state index >= 15 is 0 Å². The third kappa shape index (κ3) is 3.21. The Morgan fingerprint density at radius 1 is 1.17 bits per heavy atom. The quantitative estimate of drug-likeness (QED) is 0.641. The molecule has 94 valence electrons. The van der Waals surface area contributed by atoms with Gasteiger partial charge in [-0.25, -0.2) is 5.48 Å². The highest BCUT2D eigenvalue weighted by Crippen LogP contribution is 2.13. The number of rotatable bonds is 4. The summed E-state index contributed by atoms with van der Waals surface area (Å²) in [6.07, 6.45) is 0.914. The average Bonchev–Trinajstić information content (AvgIpc) is 2.77. The van der Waals surface area contributed by atoms with Crippen LogP contribution in [-0.4, -0.2) is 11.1 Å². The summed E-state index contributed by atoms with van der Waals surface area (Å²) in [6, 6.07) is 11.6. The minimum Gasteiger partial charge on any atom is -0.466 e. The molecule has 0 aliphatic rings. The number of hydrogen-bond donors (Lipinski definition) is 2. The highest BCUT2D eigenvalue weighted by molar-refractivity contribution is 5.77. The van der Waals surface area contributed by atoms with Gasteiger partial charge >= 0.3 is 0 Å². The van der Waals surface area contributed by atoms with E-state index in [1.54, 1.807) is 5.48 Å². The Bertz CT molecular complexity index is 528. The first-order valence-corrected chi connectivity index (χ1v) is 5.73. The lowest BCUT2D eigenvalue weighted by atomic mass is 10.1. The normalized spacial score (nSPS) is 10.3. The van der Waals surface area contributed by atoms with Crippen LogP contribution in [0.3, 0.4) is 0 Å². The van der Waals surface area contributed by atoms with Crippen molar-refractivity contribution < 1.29 is 14.4 Å². The van der Waals surface area contributed by atoms with Crippen molar-refractivity contribution in [3.05, 3.63) is 59.0 Å². The number of nitrogens with one attached hydrogen (secondary N) is 1. The predicted octanol–water partition coefficient (Wildman–Crippen LogP) is 2.23. The largest absolute Gasteiger partial charge is 0.466 e. The van der Waals surface area contributed by atoms with Crippen LogP contribution in [0, 0.1) is 6.92 Å². The van der Waals surface area contributed by atoms with Gasteiger partial charge < -0.3 is 4.42 Å². The predicted molar refractivity (Wildman–Crippen MR) is 66.3 cm³/mol. The molecule has 0 unspecified atom stereocenters. The molecule has 2 rings (SSSR count). The van der Waals surface area contributed by atoms with Gasteiger partial charge in [0.1, 0.15) is 11.5 Å².